The van der Waals surface area contributed by atoms with Crippen LogP contribution in [-0.2, 0) is 4.79 Å². The Balaban J connectivity index is 3.02. The number of halogens is 1. The Morgan fingerprint density at radius 2 is 2.35 bits per heavy atom. The Kier molecular flexibility index (Phi) is 5.30. The first-order valence-corrected chi connectivity index (χ1v) is 6.83. The van der Waals surface area contributed by atoms with Gasteiger partial charge in [0.15, 0.2) is 5.84 Å². The van der Waals surface area contributed by atoms with E-state index in [1.54, 1.807) is 18.2 Å². The summed E-state index contributed by atoms with van der Waals surface area (Å²) in [5.74, 6) is 0.170. The van der Waals surface area contributed by atoms with E-state index in [9.17, 15) is 4.79 Å². The van der Waals surface area contributed by atoms with Crippen molar-refractivity contribution in [2.75, 3.05) is 17.3 Å². The van der Waals surface area contributed by atoms with Crippen molar-refractivity contribution in [1.82, 2.24) is 0 Å². The average molecular weight is 318 g/mol. The smallest absolute Gasteiger partial charge is 0.234 e. The Bertz CT molecular complexity index is 451. The number of thioether (sulfide) groups is 1. The van der Waals surface area contributed by atoms with Crippen molar-refractivity contribution in [3.8, 4) is 0 Å². The minimum absolute atomic E-state index is 0.0502. The van der Waals surface area contributed by atoms with Gasteiger partial charge < -0.3 is 16.3 Å². The Morgan fingerprint density at radius 3 is 2.94 bits per heavy atom. The summed E-state index contributed by atoms with van der Waals surface area (Å²) in [7, 11) is 0. The van der Waals surface area contributed by atoms with Gasteiger partial charge in [0.05, 0.1) is 11.4 Å². The second-order valence-corrected chi connectivity index (χ2v) is 4.94. The SMILES string of the molecule is CSCC(=O)Nc1ccc(Br)cc1/C(N)=N/O. The first-order valence-electron chi connectivity index (χ1n) is 4.64. The Hall–Kier alpha value is -1.21. The number of hydrogen-bond donors (Lipinski definition) is 3. The summed E-state index contributed by atoms with van der Waals surface area (Å²) in [6.07, 6.45) is 1.84. The van der Waals surface area contributed by atoms with Gasteiger partial charge in [-0.05, 0) is 24.5 Å². The lowest BCUT2D eigenvalue weighted by Gasteiger charge is -2.10. The van der Waals surface area contributed by atoms with E-state index in [1.807, 2.05) is 6.26 Å². The Morgan fingerprint density at radius 1 is 1.65 bits per heavy atom. The second kappa shape index (κ2) is 6.51. The third kappa shape index (κ3) is 3.94. The molecule has 1 aromatic carbocycles. The van der Waals surface area contributed by atoms with Gasteiger partial charge in [0.25, 0.3) is 0 Å². The monoisotopic (exact) mass is 317 g/mol. The molecule has 0 spiro atoms. The Labute approximate surface area is 112 Å². The van der Waals surface area contributed by atoms with Crippen LogP contribution in [0.25, 0.3) is 0 Å². The average Bonchev–Trinajstić information content (AvgIpc) is 2.30. The van der Waals surface area contributed by atoms with Crippen LogP contribution in [0.1, 0.15) is 5.56 Å². The van der Waals surface area contributed by atoms with E-state index in [2.05, 4.69) is 26.4 Å². The number of benzene rings is 1. The van der Waals surface area contributed by atoms with Crippen molar-refractivity contribution in [3.05, 3.63) is 28.2 Å². The number of hydrogen-bond acceptors (Lipinski definition) is 4. The number of nitrogens with two attached hydrogens (primary N) is 1. The van der Waals surface area contributed by atoms with Gasteiger partial charge in [0.1, 0.15) is 0 Å². The molecule has 1 rings (SSSR count). The molecule has 1 amide bonds. The maximum Gasteiger partial charge on any atom is 0.234 e. The van der Waals surface area contributed by atoms with Crippen LogP contribution in [-0.4, -0.2) is 29.0 Å². The molecule has 0 heterocycles. The van der Waals surface area contributed by atoms with E-state index in [4.69, 9.17) is 10.9 Å². The fourth-order valence-corrected chi connectivity index (χ4v) is 1.90. The summed E-state index contributed by atoms with van der Waals surface area (Å²) < 4.78 is 0.780. The number of rotatable bonds is 4. The first-order chi connectivity index (χ1) is 8.08. The molecule has 0 aliphatic heterocycles. The van der Waals surface area contributed by atoms with Gasteiger partial charge >= 0.3 is 0 Å². The lowest BCUT2D eigenvalue weighted by molar-refractivity contribution is -0.113. The van der Waals surface area contributed by atoms with Gasteiger partial charge in [-0.2, -0.15) is 11.8 Å². The number of amidine groups is 1. The number of carbonyl (C=O) groups is 1. The van der Waals surface area contributed by atoms with Crippen molar-refractivity contribution in [3.63, 3.8) is 0 Å². The van der Waals surface area contributed by atoms with Crippen molar-refractivity contribution in [2.24, 2.45) is 10.9 Å². The maximum atomic E-state index is 11.5. The molecule has 0 atom stereocenters. The fourth-order valence-electron chi connectivity index (χ4n) is 1.21. The zero-order valence-electron chi connectivity index (χ0n) is 9.11. The summed E-state index contributed by atoms with van der Waals surface area (Å²) in [4.78, 5) is 11.5. The summed E-state index contributed by atoms with van der Waals surface area (Å²) in [5, 5.41) is 14.3. The molecule has 5 nitrogen and oxygen atoms in total. The van der Waals surface area contributed by atoms with Crippen LogP contribution in [0.3, 0.4) is 0 Å². The number of anilines is 1. The molecule has 0 aliphatic rings. The highest BCUT2D eigenvalue weighted by atomic mass is 79.9. The van der Waals surface area contributed by atoms with E-state index in [-0.39, 0.29) is 11.7 Å². The standard InChI is InChI=1S/C10H12BrN3O2S/c1-17-5-9(15)13-8-3-2-6(11)4-7(8)10(12)14-16/h2-4,16H,5H2,1H3,(H2,12,14)(H,13,15). The minimum Gasteiger partial charge on any atom is -0.409 e. The highest BCUT2D eigenvalue weighted by Gasteiger charge is 2.10. The van der Waals surface area contributed by atoms with Crippen LogP contribution in [0.15, 0.2) is 27.8 Å². The van der Waals surface area contributed by atoms with Gasteiger partial charge in [0, 0.05) is 10.0 Å². The molecule has 7 heteroatoms. The normalized spacial score (nSPS) is 11.3. The third-order valence-electron chi connectivity index (χ3n) is 1.91. The number of nitrogens with one attached hydrogen (secondary N) is 1. The van der Waals surface area contributed by atoms with E-state index in [1.165, 1.54) is 11.8 Å². The molecular formula is C10H12BrN3O2S. The van der Waals surface area contributed by atoms with Crippen molar-refractivity contribution in [1.29, 1.82) is 0 Å². The molecule has 0 aromatic heterocycles. The predicted molar refractivity (Wildman–Crippen MR) is 73.7 cm³/mol. The quantitative estimate of drug-likeness (QED) is 0.342. The molecule has 4 N–H and O–H groups in total. The van der Waals surface area contributed by atoms with Gasteiger partial charge in [-0.1, -0.05) is 21.1 Å². The summed E-state index contributed by atoms with van der Waals surface area (Å²) in [6, 6.07) is 5.13. The zero-order chi connectivity index (χ0) is 12.8. The largest absolute Gasteiger partial charge is 0.409 e. The van der Waals surface area contributed by atoms with Crippen LogP contribution < -0.4 is 11.1 Å². The summed E-state index contributed by atoms with van der Waals surface area (Å²) in [6.45, 7) is 0. The molecule has 0 saturated heterocycles. The molecule has 92 valence electrons. The molecule has 0 unspecified atom stereocenters. The van der Waals surface area contributed by atoms with Crippen LogP contribution in [0, 0.1) is 0 Å². The molecule has 0 fully saturated rings. The lowest BCUT2D eigenvalue weighted by Crippen LogP contribution is -2.20. The topological polar surface area (TPSA) is 87.7 Å². The highest BCUT2D eigenvalue weighted by Crippen LogP contribution is 2.21. The zero-order valence-corrected chi connectivity index (χ0v) is 11.5. The van der Waals surface area contributed by atoms with Gasteiger partial charge in [-0.25, -0.2) is 0 Å². The number of nitrogens with zero attached hydrogens (tertiary/aromatic N) is 1. The summed E-state index contributed by atoms with van der Waals surface area (Å²) >= 11 is 4.70. The number of carbonyl (C=O) groups excluding carboxylic acids is 1. The van der Waals surface area contributed by atoms with E-state index in [0.29, 0.717) is 17.0 Å². The van der Waals surface area contributed by atoms with Crippen LogP contribution >= 0.6 is 27.7 Å². The predicted octanol–water partition coefficient (Wildman–Crippen LogP) is 1.85. The maximum absolute atomic E-state index is 11.5. The molecule has 0 aliphatic carbocycles. The molecule has 1 aromatic rings. The molecule has 0 bridgehead atoms. The van der Waals surface area contributed by atoms with Crippen molar-refractivity contribution >= 4 is 45.1 Å². The minimum atomic E-state index is -0.133. The fraction of sp³-hybridized carbons (Fsp3) is 0.200. The lowest BCUT2D eigenvalue weighted by atomic mass is 10.1. The van der Waals surface area contributed by atoms with Crippen LogP contribution in [0.4, 0.5) is 5.69 Å². The van der Waals surface area contributed by atoms with Crippen LogP contribution in [0.2, 0.25) is 0 Å². The van der Waals surface area contributed by atoms with E-state index in [0.717, 1.165) is 4.47 Å². The molecule has 0 saturated carbocycles. The summed E-state index contributed by atoms with van der Waals surface area (Å²) in [5.41, 5.74) is 6.52. The highest BCUT2D eigenvalue weighted by molar-refractivity contribution is 9.10. The molecule has 0 radical (unpaired) electrons. The van der Waals surface area contributed by atoms with E-state index >= 15 is 0 Å². The van der Waals surface area contributed by atoms with Crippen molar-refractivity contribution in [2.45, 2.75) is 0 Å². The number of amides is 1. The molecule has 17 heavy (non-hydrogen) atoms. The van der Waals surface area contributed by atoms with Gasteiger partial charge in [-0.3, -0.25) is 4.79 Å². The van der Waals surface area contributed by atoms with Crippen molar-refractivity contribution < 1.29 is 10.0 Å². The van der Waals surface area contributed by atoms with Gasteiger partial charge in [0.2, 0.25) is 5.91 Å². The first kappa shape index (κ1) is 13.9. The second-order valence-electron chi connectivity index (χ2n) is 3.16. The van der Waals surface area contributed by atoms with Gasteiger partial charge in [-0.15, -0.1) is 0 Å². The number of oxime groups is 1. The molecular weight excluding hydrogens is 306 g/mol. The van der Waals surface area contributed by atoms with E-state index < -0.39 is 0 Å². The van der Waals surface area contributed by atoms with Crippen LogP contribution in [0.5, 0.6) is 0 Å². The third-order valence-corrected chi connectivity index (χ3v) is 2.96.